The fourth-order valence-corrected chi connectivity index (χ4v) is 7.58. The Hall–Kier alpha value is 0. The molecule has 0 rings (SSSR count). The summed E-state index contributed by atoms with van der Waals surface area (Å²) in [4.78, 5) is 0. The Labute approximate surface area is 522 Å². The summed E-state index contributed by atoms with van der Waals surface area (Å²) in [6.07, 6.45) is 38.2. The van der Waals surface area contributed by atoms with Crippen molar-refractivity contribution in [2.75, 3.05) is 0 Å². The van der Waals surface area contributed by atoms with E-state index in [-0.39, 0.29) is 0 Å². The first-order valence-electron chi connectivity index (χ1n) is 36.9. The van der Waals surface area contributed by atoms with Gasteiger partial charge in [-0.2, -0.15) is 0 Å². The molecule has 0 N–H and O–H groups in total. The molecular weight excluding hydrogens is 961 g/mol. The summed E-state index contributed by atoms with van der Waals surface area (Å²) < 4.78 is 0. The summed E-state index contributed by atoms with van der Waals surface area (Å²) in [5.41, 5.74) is 1.13. The topological polar surface area (TPSA) is 0 Å². The molecule has 0 amide bonds. The second-order valence-electron chi connectivity index (χ2n) is 29.8. The van der Waals surface area contributed by atoms with Crippen molar-refractivity contribution in [3.05, 3.63) is 0 Å². The van der Waals surface area contributed by atoms with E-state index >= 15 is 0 Å². The lowest BCUT2D eigenvalue weighted by molar-refractivity contribution is 0.338. The van der Waals surface area contributed by atoms with Crippen molar-refractivity contribution in [3.8, 4) is 0 Å². The monoisotopic (exact) mass is 1140 g/mol. The summed E-state index contributed by atoms with van der Waals surface area (Å²) in [7, 11) is 0. The molecule has 0 saturated heterocycles. The highest BCUT2D eigenvalue weighted by molar-refractivity contribution is 4.62. The third kappa shape index (κ3) is 142. The van der Waals surface area contributed by atoms with Crippen molar-refractivity contribution in [2.45, 2.75) is 443 Å². The number of unbranched alkanes of at least 4 members (excludes halogenated alkanes) is 4. The molecule has 0 spiro atoms. The summed E-state index contributed by atoms with van der Waals surface area (Å²) >= 11 is 0. The zero-order valence-corrected chi connectivity index (χ0v) is 65.7. The molecule has 0 saturated carbocycles. The Bertz CT molecular complexity index is 880. The molecule has 5 unspecified atom stereocenters. The van der Waals surface area contributed by atoms with Crippen LogP contribution in [0.15, 0.2) is 0 Å². The fourth-order valence-electron chi connectivity index (χ4n) is 7.58. The quantitative estimate of drug-likeness (QED) is 0.0629. The summed E-state index contributed by atoms with van der Waals surface area (Å²) in [6.45, 7) is 86.3. The van der Waals surface area contributed by atoms with Crippen LogP contribution in [-0.4, -0.2) is 0 Å². The molecule has 5 atom stereocenters. The normalized spacial score (nSPS) is 12.6. The van der Waals surface area contributed by atoms with Gasteiger partial charge in [0, 0.05) is 0 Å². The molecule has 0 fully saturated rings. The van der Waals surface area contributed by atoms with Gasteiger partial charge < -0.3 is 0 Å². The van der Waals surface area contributed by atoms with Gasteiger partial charge in [-0.25, -0.2) is 0 Å². The summed E-state index contributed by atoms with van der Waals surface area (Å²) in [5.74, 6) is 10.9. The highest BCUT2D eigenvalue weighted by atomic mass is 14.2. The van der Waals surface area contributed by atoms with Gasteiger partial charge in [-0.15, -0.1) is 0 Å². The SMILES string of the molecule is CC(C)CC(C)C.CCC(C)(C)CC.CCC(C)C(C)C.CCC(C)C(C)C.CCCC(C)(C)C.CCCC(C)CC.CCCC(C)CC.CCCC(C)CCC.CCCCC(C)C.CCCCC(C)CC.CCCCCC(C)C. The van der Waals surface area contributed by atoms with Crippen LogP contribution >= 0.6 is 0 Å². The van der Waals surface area contributed by atoms with Crippen LogP contribution in [0.1, 0.15) is 443 Å². The van der Waals surface area contributed by atoms with Crippen LogP contribution in [0.5, 0.6) is 0 Å². The van der Waals surface area contributed by atoms with Crippen LogP contribution < -0.4 is 0 Å². The lowest BCUT2D eigenvalue weighted by atomic mass is 9.88. The molecule has 0 aromatic heterocycles. The molecule has 0 radical (unpaired) electrons. The van der Waals surface area contributed by atoms with E-state index in [1.807, 2.05) is 0 Å². The number of hydrogen-bond donors (Lipinski definition) is 0. The van der Waals surface area contributed by atoms with E-state index in [0.29, 0.717) is 10.8 Å². The molecule has 0 bridgehead atoms. The second-order valence-corrected chi connectivity index (χ2v) is 29.8. The maximum absolute atomic E-state index is 2.34. The van der Waals surface area contributed by atoms with Gasteiger partial charge >= 0.3 is 0 Å². The molecule has 0 aromatic rings. The van der Waals surface area contributed by atoms with Crippen molar-refractivity contribution < 1.29 is 0 Å². The van der Waals surface area contributed by atoms with Gasteiger partial charge in [0.05, 0.1) is 0 Å². The minimum Gasteiger partial charge on any atom is -0.0654 e. The van der Waals surface area contributed by atoms with Gasteiger partial charge in [0.15, 0.2) is 0 Å². The van der Waals surface area contributed by atoms with Crippen LogP contribution in [0, 0.1) is 81.8 Å². The average Bonchev–Trinajstić information content (AvgIpc) is 3.38. The molecule has 0 aliphatic rings. The minimum atomic E-state index is 0.550. The Balaban J connectivity index is -0.0000000728. The van der Waals surface area contributed by atoms with Crippen molar-refractivity contribution in [3.63, 3.8) is 0 Å². The van der Waals surface area contributed by atoms with Gasteiger partial charge in [0.1, 0.15) is 0 Å². The lowest BCUT2D eigenvalue weighted by Gasteiger charge is -2.18. The molecular formula is C80H182. The van der Waals surface area contributed by atoms with Gasteiger partial charge in [-0.1, -0.05) is 430 Å². The van der Waals surface area contributed by atoms with Gasteiger partial charge in [-0.3, -0.25) is 0 Å². The third-order valence-corrected chi connectivity index (χ3v) is 16.2. The van der Waals surface area contributed by atoms with Gasteiger partial charge in [0.2, 0.25) is 0 Å². The minimum absolute atomic E-state index is 0.550. The summed E-state index contributed by atoms with van der Waals surface area (Å²) in [6, 6.07) is 0. The maximum Gasteiger partial charge on any atom is -0.0359 e. The fraction of sp³-hybridized carbons (Fsp3) is 1.00. The largest absolute Gasteiger partial charge is 0.0654 e. The zero-order valence-electron chi connectivity index (χ0n) is 65.7. The van der Waals surface area contributed by atoms with Crippen LogP contribution in [-0.2, 0) is 0 Å². The van der Waals surface area contributed by atoms with Crippen LogP contribution in [0.2, 0.25) is 0 Å². The highest BCUT2D eigenvalue weighted by Crippen LogP contribution is 2.23. The van der Waals surface area contributed by atoms with E-state index in [4.69, 9.17) is 0 Å². The Kier molecular flexibility index (Phi) is 109. The Morgan fingerprint density at radius 1 is 0.250 bits per heavy atom. The van der Waals surface area contributed by atoms with Crippen molar-refractivity contribution in [1.29, 1.82) is 0 Å². The molecule has 0 aromatic carbocycles. The van der Waals surface area contributed by atoms with Crippen molar-refractivity contribution in [1.82, 2.24) is 0 Å². The third-order valence-electron chi connectivity index (χ3n) is 16.2. The Morgan fingerprint density at radius 2 is 0.525 bits per heavy atom. The van der Waals surface area contributed by atoms with Crippen LogP contribution in [0.25, 0.3) is 0 Å². The van der Waals surface area contributed by atoms with E-state index in [2.05, 4.69) is 263 Å². The lowest BCUT2D eigenvalue weighted by Crippen LogP contribution is -2.05. The number of rotatable bonds is 30. The molecule has 0 nitrogen and oxygen atoms in total. The molecule has 80 heavy (non-hydrogen) atoms. The predicted octanol–water partition coefficient (Wildman–Crippen LogP) is 31.9. The first-order valence-corrected chi connectivity index (χ1v) is 36.9. The van der Waals surface area contributed by atoms with Gasteiger partial charge in [-0.05, 0) is 94.7 Å². The molecule has 0 aliphatic carbocycles. The van der Waals surface area contributed by atoms with Crippen LogP contribution in [0.4, 0.5) is 0 Å². The standard InChI is InChI=1S/3C8H18.8C7H16/c1-4-5-6-7-8(2)3;1-4-6-7-8(3)5-2;1-4-6-8(3)7-5-2;1-6(2)5-7(3)4;1-5-6-7(2,3)4;1-5-7(3,4)6-2;2*1-5-7(4)6(2)3;1-4-5-6-7(2)3;2*1-4-6-7(3)5-2/h3*8H,4-7H2,1-3H3;6-7H,5H2,1-4H3;2*5-6H2,1-4H3;2*6-7H,5H2,1-4H3;3*7H,4-6H2,1-3H3. The summed E-state index contributed by atoms with van der Waals surface area (Å²) in [5, 5.41) is 0. The first kappa shape index (κ1) is 105. The highest BCUT2D eigenvalue weighted by Gasteiger charge is 2.10. The smallest absolute Gasteiger partial charge is 0.0359 e. The average molecular weight is 1140 g/mol. The molecule has 0 heteroatoms. The Morgan fingerprint density at radius 3 is 0.650 bits per heavy atom. The molecule has 0 heterocycles. The van der Waals surface area contributed by atoms with E-state index in [9.17, 15) is 0 Å². The maximum atomic E-state index is 2.34. The number of hydrogen-bond acceptors (Lipinski definition) is 0. The zero-order chi connectivity index (χ0) is 65.7. The van der Waals surface area contributed by atoms with Crippen LogP contribution in [0.3, 0.4) is 0 Å². The van der Waals surface area contributed by atoms with Gasteiger partial charge in [0.25, 0.3) is 0 Å². The first-order chi connectivity index (χ1) is 36.9. The van der Waals surface area contributed by atoms with E-state index in [1.165, 1.54) is 180 Å². The molecule has 502 valence electrons. The van der Waals surface area contributed by atoms with E-state index < -0.39 is 0 Å². The van der Waals surface area contributed by atoms with E-state index in [1.54, 1.807) is 0 Å². The predicted molar refractivity (Wildman–Crippen MR) is 392 cm³/mol. The van der Waals surface area contributed by atoms with Crippen molar-refractivity contribution >= 4 is 0 Å². The van der Waals surface area contributed by atoms with E-state index in [0.717, 1.165) is 71.0 Å². The second kappa shape index (κ2) is 83.2. The van der Waals surface area contributed by atoms with Crippen molar-refractivity contribution in [2.24, 2.45) is 81.8 Å². The molecule has 0 aliphatic heterocycles.